The van der Waals surface area contributed by atoms with E-state index in [4.69, 9.17) is 14.9 Å². The van der Waals surface area contributed by atoms with Crippen LogP contribution in [0.4, 0.5) is 0 Å². The molecule has 0 aromatic heterocycles. The molecule has 0 amide bonds. The molecule has 0 saturated carbocycles. The summed E-state index contributed by atoms with van der Waals surface area (Å²) in [6.07, 6.45) is -7.68. The summed E-state index contributed by atoms with van der Waals surface area (Å²) in [5.74, 6) is -3.23. The second-order valence-corrected chi connectivity index (χ2v) is 4.64. The maximum Gasteiger partial charge on any atom is 0.474 e. The molecular weight excluding hydrogens is 263 g/mol. The van der Waals surface area contributed by atoms with E-state index in [1.807, 2.05) is 0 Å². The highest BCUT2D eigenvalue weighted by molar-refractivity contribution is 7.46. The topological polar surface area (TPSA) is 177 Å². The standard InChI is InChI=1S/C6H13O10P/c7-1-2-3(8)4(9)5(10)6(11,15-2)16-17(12,13)14/h2-5,7-11H,1H2,(H2,12,13,14)/t2-,3+,4+,5-,6+/m1/s1. The van der Waals surface area contributed by atoms with Gasteiger partial charge in [-0.2, -0.15) is 0 Å². The molecule has 1 rings (SSSR count). The average molecular weight is 276 g/mol. The first-order valence-electron chi connectivity index (χ1n) is 4.42. The van der Waals surface area contributed by atoms with Gasteiger partial charge >= 0.3 is 13.8 Å². The third-order valence-corrected chi connectivity index (χ3v) is 2.68. The minimum absolute atomic E-state index is 0.877. The minimum atomic E-state index is -5.23. The summed E-state index contributed by atoms with van der Waals surface area (Å²) in [4.78, 5) is 17.0. The van der Waals surface area contributed by atoms with E-state index in [-0.39, 0.29) is 0 Å². The van der Waals surface area contributed by atoms with E-state index in [1.165, 1.54) is 0 Å². The van der Waals surface area contributed by atoms with Crippen LogP contribution in [-0.4, -0.2) is 72.3 Å². The summed E-state index contributed by atoms with van der Waals surface area (Å²) in [5.41, 5.74) is 0. The van der Waals surface area contributed by atoms with Crippen molar-refractivity contribution in [2.45, 2.75) is 30.4 Å². The van der Waals surface area contributed by atoms with Crippen molar-refractivity contribution in [1.82, 2.24) is 0 Å². The first kappa shape index (κ1) is 14.9. The van der Waals surface area contributed by atoms with Gasteiger partial charge in [0.15, 0.2) is 6.10 Å². The van der Waals surface area contributed by atoms with E-state index in [9.17, 15) is 25.0 Å². The third-order valence-electron chi connectivity index (χ3n) is 2.18. The zero-order valence-corrected chi connectivity index (χ0v) is 9.21. The van der Waals surface area contributed by atoms with E-state index in [0.29, 0.717) is 0 Å². The predicted molar refractivity (Wildman–Crippen MR) is 48.1 cm³/mol. The van der Waals surface area contributed by atoms with Crippen LogP contribution in [0.5, 0.6) is 0 Å². The van der Waals surface area contributed by atoms with Gasteiger partial charge in [0.05, 0.1) is 6.61 Å². The molecule has 1 heterocycles. The Kier molecular flexibility index (Phi) is 4.27. The van der Waals surface area contributed by atoms with Crippen LogP contribution in [0.2, 0.25) is 0 Å². The van der Waals surface area contributed by atoms with E-state index in [0.717, 1.165) is 0 Å². The number of phosphoric acid groups is 1. The smallest absolute Gasteiger partial charge is 0.394 e. The lowest BCUT2D eigenvalue weighted by Gasteiger charge is -2.43. The summed E-state index contributed by atoms with van der Waals surface area (Å²) in [5, 5.41) is 46.1. The predicted octanol–water partition coefficient (Wildman–Crippen LogP) is -3.78. The molecule has 7 N–H and O–H groups in total. The Hall–Kier alpha value is -0.130. The molecule has 0 spiro atoms. The SMILES string of the molecule is O=P(O)(O)O[C@@]1(O)O[C@H](CO)[C@H](O)[C@H](O)[C@H]1O. The van der Waals surface area contributed by atoms with Gasteiger partial charge in [-0.1, -0.05) is 0 Å². The van der Waals surface area contributed by atoms with Gasteiger partial charge in [0.1, 0.15) is 18.3 Å². The largest absolute Gasteiger partial charge is 0.474 e. The van der Waals surface area contributed by atoms with Crippen molar-refractivity contribution in [2.75, 3.05) is 6.61 Å². The van der Waals surface area contributed by atoms with Crippen LogP contribution < -0.4 is 0 Å². The normalized spacial score (nSPS) is 43.7. The zero-order valence-electron chi connectivity index (χ0n) is 8.32. The van der Waals surface area contributed by atoms with E-state index >= 15 is 0 Å². The van der Waals surface area contributed by atoms with E-state index in [1.54, 1.807) is 0 Å². The fourth-order valence-electron chi connectivity index (χ4n) is 1.37. The Bertz CT molecular complexity index is 314. The maximum absolute atomic E-state index is 10.5. The molecule has 0 unspecified atom stereocenters. The Morgan fingerprint density at radius 3 is 2.18 bits per heavy atom. The van der Waals surface area contributed by atoms with Crippen LogP contribution in [0, 0.1) is 0 Å². The zero-order chi connectivity index (χ0) is 13.4. The average Bonchev–Trinajstić information content (AvgIpc) is 2.18. The van der Waals surface area contributed by atoms with Crippen molar-refractivity contribution < 1.29 is 49.1 Å². The number of ether oxygens (including phenoxy) is 1. The van der Waals surface area contributed by atoms with Gasteiger partial charge in [-0.05, 0) is 0 Å². The molecule has 5 atom stereocenters. The van der Waals surface area contributed by atoms with Crippen LogP contribution in [0.15, 0.2) is 0 Å². The Labute approximate surface area is 94.9 Å². The van der Waals surface area contributed by atoms with Crippen molar-refractivity contribution in [1.29, 1.82) is 0 Å². The summed E-state index contributed by atoms with van der Waals surface area (Å²) < 4.78 is 18.8. The fourth-order valence-corrected chi connectivity index (χ4v) is 1.86. The molecular formula is C6H13O10P. The molecule has 1 aliphatic rings. The maximum atomic E-state index is 10.5. The quantitative estimate of drug-likeness (QED) is 0.200. The number of phosphoric ester groups is 1. The second-order valence-electron chi connectivity index (χ2n) is 3.48. The van der Waals surface area contributed by atoms with E-state index in [2.05, 4.69) is 9.26 Å². The van der Waals surface area contributed by atoms with Crippen LogP contribution in [0.1, 0.15) is 0 Å². The highest BCUT2D eigenvalue weighted by Gasteiger charge is 2.56. The minimum Gasteiger partial charge on any atom is -0.394 e. The molecule has 0 aromatic rings. The Morgan fingerprint density at radius 2 is 1.76 bits per heavy atom. The van der Waals surface area contributed by atoms with Crippen molar-refractivity contribution in [3.05, 3.63) is 0 Å². The van der Waals surface area contributed by atoms with Crippen LogP contribution >= 0.6 is 7.82 Å². The molecule has 0 bridgehead atoms. The number of aliphatic hydroxyl groups excluding tert-OH is 4. The molecule has 17 heavy (non-hydrogen) atoms. The molecule has 0 radical (unpaired) electrons. The summed E-state index contributed by atoms with van der Waals surface area (Å²) in [6, 6.07) is 0. The molecule has 11 heteroatoms. The van der Waals surface area contributed by atoms with Gasteiger partial charge in [0.2, 0.25) is 0 Å². The molecule has 1 fully saturated rings. The molecule has 102 valence electrons. The Balaban J connectivity index is 2.95. The van der Waals surface area contributed by atoms with Gasteiger partial charge in [-0.15, -0.1) is 0 Å². The van der Waals surface area contributed by atoms with Gasteiger partial charge in [-0.25, -0.2) is 9.09 Å². The molecule has 0 aromatic carbocycles. The van der Waals surface area contributed by atoms with Crippen molar-refractivity contribution in [3.8, 4) is 0 Å². The first-order valence-corrected chi connectivity index (χ1v) is 5.95. The first-order chi connectivity index (χ1) is 7.60. The Morgan fingerprint density at radius 1 is 1.24 bits per heavy atom. The molecule has 0 aliphatic carbocycles. The van der Waals surface area contributed by atoms with Crippen LogP contribution in [0.3, 0.4) is 0 Å². The summed E-state index contributed by atoms with van der Waals surface area (Å²) in [6.45, 7) is -0.877. The van der Waals surface area contributed by atoms with Gasteiger partial charge in [0.25, 0.3) is 0 Å². The summed E-state index contributed by atoms with van der Waals surface area (Å²) >= 11 is 0. The van der Waals surface area contributed by atoms with Crippen molar-refractivity contribution in [3.63, 3.8) is 0 Å². The van der Waals surface area contributed by atoms with Gasteiger partial charge in [0, 0.05) is 0 Å². The van der Waals surface area contributed by atoms with Gasteiger partial charge in [-0.3, -0.25) is 0 Å². The monoisotopic (exact) mass is 276 g/mol. The summed E-state index contributed by atoms with van der Waals surface area (Å²) in [7, 11) is -5.23. The van der Waals surface area contributed by atoms with Crippen LogP contribution in [0.25, 0.3) is 0 Å². The molecule has 1 aliphatic heterocycles. The highest BCUT2D eigenvalue weighted by atomic mass is 31.2. The van der Waals surface area contributed by atoms with E-state index < -0.39 is 44.8 Å². The lowest BCUT2D eigenvalue weighted by atomic mass is 9.98. The van der Waals surface area contributed by atoms with Crippen LogP contribution in [-0.2, 0) is 13.8 Å². The lowest BCUT2D eigenvalue weighted by molar-refractivity contribution is -0.425. The van der Waals surface area contributed by atoms with Crippen molar-refractivity contribution in [2.24, 2.45) is 0 Å². The molecule has 1 saturated heterocycles. The number of hydrogen-bond acceptors (Lipinski definition) is 8. The third kappa shape index (κ3) is 3.20. The van der Waals surface area contributed by atoms with Gasteiger partial charge < -0.3 is 40.1 Å². The number of aliphatic hydroxyl groups is 5. The number of hydrogen-bond donors (Lipinski definition) is 7. The molecule has 10 nitrogen and oxygen atoms in total. The second kappa shape index (κ2) is 4.86. The highest BCUT2D eigenvalue weighted by Crippen LogP contribution is 2.44. The van der Waals surface area contributed by atoms with Crippen molar-refractivity contribution >= 4 is 7.82 Å². The fraction of sp³-hybridized carbons (Fsp3) is 1.00. The lowest BCUT2D eigenvalue weighted by Crippen LogP contribution is -2.65. The number of rotatable bonds is 3.